The maximum Gasteiger partial charge on any atom is 0.0758 e. The van der Waals surface area contributed by atoms with Crippen molar-refractivity contribution < 1.29 is 5.11 Å². The Morgan fingerprint density at radius 3 is 2.62 bits per heavy atom. The molecule has 0 spiro atoms. The van der Waals surface area contributed by atoms with Crippen LogP contribution in [0.1, 0.15) is 5.56 Å². The lowest BCUT2D eigenvalue weighted by Gasteiger charge is -2.05. The number of aliphatic hydroxyl groups is 1. The van der Waals surface area contributed by atoms with Crippen LogP contribution < -0.4 is 0 Å². The van der Waals surface area contributed by atoms with Gasteiger partial charge < -0.3 is 5.11 Å². The van der Waals surface area contributed by atoms with Crippen molar-refractivity contribution in [2.75, 3.05) is 0 Å². The molecule has 1 atom stereocenters. The molecule has 0 aromatic heterocycles. The average Bonchev–Trinajstić information content (AvgIpc) is 2.11. The summed E-state index contributed by atoms with van der Waals surface area (Å²) in [6, 6.07) is 5.30. The van der Waals surface area contributed by atoms with Gasteiger partial charge in [0.2, 0.25) is 0 Å². The highest BCUT2D eigenvalue weighted by molar-refractivity contribution is 6.42. The molecule has 0 aliphatic rings. The van der Waals surface area contributed by atoms with Crippen LogP contribution in [-0.2, 0) is 6.42 Å². The molecule has 1 aromatic carbocycles. The van der Waals surface area contributed by atoms with Gasteiger partial charge in [0.1, 0.15) is 0 Å². The molecule has 3 heteroatoms. The molecule has 70 valence electrons. The molecule has 0 saturated carbocycles. The zero-order chi connectivity index (χ0) is 9.84. The van der Waals surface area contributed by atoms with Crippen LogP contribution in [0.2, 0.25) is 10.0 Å². The average molecular weight is 217 g/mol. The zero-order valence-corrected chi connectivity index (χ0v) is 8.52. The van der Waals surface area contributed by atoms with E-state index < -0.39 is 6.10 Å². The molecular formula is C10H10Cl2O. The Morgan fingerprint density at radius 2 is 2.08 bits per heavy atom. The Bertz CT molecular complexity index is 310. The summed E-state index contributed by atoms with van der Waals surface area (Å²) in [6.07, 6.45) is 1.47. The number of benzene rings is 1. The van der Waals surface area contributed by atoms with Crippen LogP contribution in [0.15, 0.2) is 30.9 Å². The summed E-state index contributed by atoms with van der Waals surface area (Å²) in [5.41, 5.74) is 0.946. The van der Waals surface area contributed by atoms with Crippen LogP contribution in [0.3, 0.4) is 0 Å². The molecule has 13 heavy (non-hydrogen) atoms. The first-order chi connectivity index (χ1) is 6.13. The van der Waals surface area contributed by atoms with E-state index in [-0.39, 0.29) is 0 Å². The topological polar surface area (TPSA) is 20.2 Å². The summed E-state index contributed by atoms with van der Waals surface area (Å²) < 4.78 is 0. The van der Waals surface area contributed by atoms with Crippen molar-refractivity contribution in [3.8, 4) is 0 Å². The SMILES string of the molecule is C=CC(O)Cc1ccc(Cl)c(Cl)c1. The molecule has 1 nitrogen and oxygen atoms in total. The van der Waals surface area contributed by atoms with Crippen molar-refractivity contribution in [1.82, 2.24) is 0 Å². The second kappa shape index (κ2) is 4.66. The van der Waals surface area contributed by atoms with E-state index >= 15 is 0 Å². The highest BCUT2D eigenvalue weighted by Gasteiger charge is 2.03. The number of aliphatic hydroxyl groups excluding tert-OH is 1. The molecule has 0 saturated heterocycles. The van der Waals surface area contributed by atoms with Crippen molar-refractivity contribution in [1.29, 1.82) is 0 Å². The first kappa shape index (κ1) is 10.6. The van der Waals surface area contributed by atoms with E-state index in [1.165, 1.54) is 6.08 Å². The van der Waals surface area contributed by atoms with Gasteiger partial charge in [-0.1, -0.05) is 35.3 Å². The van der Waals surface area contributed by atoms with E-state index in [1.54, 1.807) is 12.1 Å². The van der Waals surface area contributed by atoms with E-state index in [0.717, 1.165) is 5.56 Å². The highest BCUT2D eigenvalue weighted by Crippen LogP contribution is 2.23. The van der Waals surface area contributed by atoms with Crippen LogP contribution in [0.4, 0.5) is 0 Å². The van der Waals surface area contributed by atoms with Gasteiger partial charge in [-0.3, -0.25) is 0 Å². The maximum absolute atomic E-state index is 9.28. The van der Waals surface area contributed by atoms with Crippen molar-refractivity contribution in [2.45, 2.75) is 12.5 Å². The molecule has 1 rings (SSSR count). The van der Waals surface area contributed by atoms with Crippen LogP contribution >= 0.6 is 23.2 Å². The zero-order valence-electron chi connectivity index (χ0n) is 7.00. The molecule has 0 fully saturated rings. The summed E-state index contributed by atoms with van der Waals surface area (Å²) in [6.45, 7) is 3.49. The van der Waals surface area contributed by atoms with Crippen molar-refractivity contribution in [3.05, 3.63) is 46.5 Å². The van der Waals surface area contributed by atoms with Crippen LogP contribution in [0.25, 0.3) is 0 Å². The second-order valence-electron chi connectivity index (χ2n) is 2.76. The maximum atomic E-state index is 9.28. The minimum Gasteiger partial charge on any atom is -0.389 e. The highest BCUT2D eigenvalue weighted by atomic mass is 35.5. The lowest BCUT2D eigenvalue weighted by molar-refractivity contribution is 0.224. The first-order valence-corrected chi connectivity index (χ1v) is 4.63. The van der Waals surface area contributed by atoms with E-state index in [4.69, 9.17) is 23.2 Å². The largest absolute Gasteiger partial charge is 0.389 e. The Hall–Kier alpha value is -0.500. The van der Waals surface area contributed by atoms with Gasteiger partial charge in [0.15, 0.2) is 0 Å². The van der Waals surface area contributed by atoms with Gasteiger partial charge >= 0.3 is 0 Å². The number of hydrogen-bond acceptors (Lipinski definition) is 1. The predicted molar refractivity (Wildman–Crippen MR) is 56.4 cm³/mol. The second-order valence-corrected chi connectivity index (χ2v) is 3.57. The van der Waals surface area contributed by atoms with Gasteiger partial charge in [-0.25, -0.2) is 0 Å². The number of halogens is 2. The fourth-order valence-corrected chi connectivity index (χ4v) is 1.31. The predicted octanol–water partition coefficient (Wildman–Crippen LogP) is 3.08. The van der Waals surface area contributed by atoms with Crippen molar-refractivity contribution in [3.63, 3.8) is 0 Å². The molecule has 0 amide bonds. The lowest BCUT2D eigenvalue weighted by Crippen LogP contribution is -2.05. The molecule has 0 aliphatic heterocycles. The van der Waals surface area contributed by atoms with Gasteiger partial charge in [0.05, 0.1) is 16.1 Å². The molecule has 0 bridgehead atoms. The van der Waals surface area contributed by atoms with Gasteiger partial charge in [0, 0.05) is 6.42 Å². The molecule has 0 radical (unpaired) electrons. The summed E-state index contributed by atoms with van der Waals surface area (Å²) >= 11 is 11.5. The summed E-state index contributed by atoms with van der Waals surface area (Å²) in [4.78, 5) is 0. The minimum absolute atomic E-state index is 0.510. The minimum atomic E-state index is -0.530. The Labute approximate surface area is 87.6 Å². The Morgan fingerprint density at radius 1 is 1.38 bits per heavy atom. The van der Waals surface area contributed by atoms with Crippen LogP contribution in [-0.4, -0.2) is 11.2 Å². The summed E-state index contributed by atoms with van der Waals surface area (Å²) in [5, 5.41) is 10.3. The Kier molecular flexibility index (Phi) is 3.79. The van der Waals surface area contributed by atoms with Crippen molar-refractivity contribution >= 4 is 23.2 Å². The van der Waals surface area contributed by atoms with Crippen LogP contribution in [0, 0.1) is 0 Å². The molecule has 1 aromatic rings. The smallest absolute Gasteiger partial charge is 0.0758 e. The van der Waals surface area contributed by atoms with Gasteiger partial charge in [0.25, 0.3) is 0 Å². The first-order valence-electron chi connectivity index (χ1n) is 3.88. The summed E-state index contributed by atoms with van der Waals surface area (Å²) in [7, 11) is 0. The van der Waals surface area contributed by atoms with E-state index in [0.29, 0.717) is 16.5 Å². The fourth-order valence-electron chi connectivity index (χ4n) is 0.991. The molecule has 0 aliphatic carbocycles. The van der Waals surface area contributed by atoms with Crippen LogP contribution in [0.5, 0.6) is 0 Å². The normalized spacial score (nSPS) is 12.5. The molecular weight excluding hydrogens is 207 g/mol. The Balaban J connectivity index is 2.79. The van der Waals surface area contributed by atoms with E-state index in [2.05, 4.69) is 6.58 Å². The third-order valence-corrected chi connectivity index (χ3v) is 2.44. The number of hydrogen-bond donors (Lipinski definition) is 1. The standard InChI is InChI=1S/C10H10Cl2O/c1-2-8(13)5-7-3-4-9(11)10(12)6-7/h2-4,6,8,13H,1,5H2. The van der Waals surface area contributed by atoms with Gasteiger partial charge in [-0.2, -0.15) is 0 Å². The third-order valence-electron chi connectivity index (χ3n) is 1.70. The quantitative estimate of drug-likeness (QED) is 0.771. The molecule has 0 heterocycles. The van der Waals surface area contributed by atoms with E-state index in [9.17, 15) is 5.11 Å². The third kappa shape index (κ3) is 3.03. The number of rotatable bonds is 3. The van der Waals surface area contributed by atoms with E-state index in [1.807, 2.05) is 6.07 Å². The van der Waals surface area contributed by atoms with Crippen molar-refractivity contribution in [2.24, 2.45) is 0 Å². The molecule has 1 unspecified atom stereocenters. The fraction of sp³-hybridized carbons (Fsp3) is 0.200. The molecule has 1 N–H and O–H groups in total. The van der Waals surface area contributed by atoms with Gasteiger partial charge in [-0.05, 0) is 17.7 Å². The van der Waals surface area contributed by atoms with Gasteiger partial charge in [-0.15, -0.1) is 6.58 Å². The summed E-state index contributed by atoms with van der Waals surface area (Å²) in [5.74, 6) is 0. The lowest BCUT2D eigenvalue weighted by atomic mass is 10.1. The monoisotopic (exact) mass is 216 g/mol.